The summed E-state index contributed by atoms with van der Waals surface area (Å²) in [6.07, 6.45) is 1.56. The van der Waals surface area contributed by atoms with Crippen LogP contribution in [0.3, 0.4) is 0 Å². The number of aryl methyl sites for hydroxylation is 2. The first kappa shape index (κ1) is 15.6. The molecule has 0 spiro atoms. The van der Waals surface area contributed by atoms with Gasteiger partial charge in [0.25, 0.3) is 5.56 Å². The van der Waals surface area contributed by atoms with Crippen molar-refractivity contribution in [2.24, 2.45) is 14.1 Å². The fourth-order valence-corrected chi connectivity index (χ4v) is 3.50. The molecule has 0 bridgehead atoms. The normalized spacial score (nSPS) is 11.5. The third-order valence-corrected chi connectivity index (χ3v) is 4.96. The first-order chi connectivity index (χ1) is 12.0. The number of rotatable bonds is 3. The van der Waals surface area contributed by atoms with Crippen molar-refractivity contribution in [1.29, 1.82) is 0 Å². The van der Waals surface area contributed by atoms with Crippen molar-refractivity contribution >= 4 is 22.5 Å². The van der Waals surface area contributed by atoms with Crippen LogP contribution in [-0.2, 0) is 20.6 Å². The lowest BCUT2D eigenvalue weighted by Gasteiger charge is -2.05. The molecule has 0 N–H and O–H groups in total. The zero-order valence-electron chi connectivity index (χ0n) is 13.9. The highest BCUT2D eigenvalue weighted by Gasteiger charge is 2.15. The smallest absolute Gasteiger partial charge is 0.332 e. The number of fused-ring (bicyclic) bond motifs is 1. The fourth-order valence-electron chi connectivity index (χ4n) is 2.73. The monoisotopic (exact) mass is 357 g/mol. The molecule has 0 aliphatic rings. The molecule has 4 rings (SSSR count). The Morgan fingerprint density at radius 1 is 1.20 bits per heavy atom. The van der Waals surface area contributed by atoms with E-state index in [-0.39, 0.29) is 5.56 Å². The standard InChI is InChI=1S/C16H15N5O3S/c1-9-4-5-11(24-9)14-18-10(7-25-14)6-21-8-17-13-12(21)15(22)20(3)16(23)19(13)2/h4-5,7-8H,6H2,1-3H3. The quantitative estimate of drug-likeness (QED) is 0.554. The molecule has 25 heavy (non-hydrogen) atoms. The van der Waals surface area contributed by atoms with Gasteiger partial charge in [-0.25, -0.2) is 14.8 Å². The van der Waals surface area contributed by atoms with Crippen molar-refractivity contribution in [3.63, 3.8) is 0 Å². The third-order valence-electron chi connectivity index (χ3n) is 4.05. The minimum Gasteiger partial charge on any atom is -0.459 e. The average molecular weight is 357 g/mol. The third kappa shape index (κ3) is 2.43. The highest BCUT2D eigenvalue weighted by Crippen LogP contribution is 2.26. The summed E-state index contributed by atoms with van der Waals surface area (Å²) < 4.78 is 9.75. The number of furan rings is 1. The molecule has 8 nitrogen and oxygen atoms in total. The van der Waals surface area contributed by atoms with E-state index in [9.17, 15) is 9.59 Å². The molecule has 0 aliphatic carbocycles. The molecule has 0 aliphatic heterocycles. The molecule has 0 unspecified atom stereocenters. The Balaban J connectivity index is 1.76. The van der Waals surface area contributed by atoms with Crippen molar-refractivity contribution in [3.05, 3.63) is 56.1 Å². The number of nitrogens with zero attached hydrogens (tertiary/aromatic N) is 5. The van der Waals surface area contributed by atoms with Crippen LogP contribution < -0.4 is 11.2 Å². The van der Waals surface area contributed by atoms with E-state index < -0.39 is 5.69 Å². The summed E-state index contributed by atoms with van der Waals surface area (Å²) in [5, 5.41) is 2.71. The maximum atomic E-state index is 12.5. The van der Waals surface area contributed by atoms with Gasteiger partial charge in [0.05, 0.1) is 18.6 Å². The van der Waals surface area contributed by atoms with E-state index in [1.54, 1.807) is 17.9 Å². The Morgan fingerprint density at radius 2 is 2.00 bits per heavy atom. The first-order valence-corrected chi connectivity index (χ1v) is 8.45. The molecule has 0 saturated heterocycles. The second-order valence-corrected chi connectivity index (χ2v) is 6.66. The van der Waals surface area contributed by atoms with Gasteiger partial charge in [-0.05, 0) is 19.1 Å². The predicted molar refractivity (Wildman–Crippen MR) is 93.9 cm³/mol. The summed E-state index contributed by atoms with van der Waals surface area (Å²) in [6, 6.07) is 3.78. The Labute approximate surface area is 145 Å². The van der Waals surface area contributed by atoms with Gasteiger partial charge >= 0.3 is 5.69 Å². The summed E-state index contributed by atoms with van der Waals surface area (Å²) in [7, 11) is 3.06. The van der Waals surface area contributed by atoms with E-state index >= 15 is 0 Å². The minimum absolute atomic E-state index is 0.366. The molecule has 0 aromatic carbocycles. The fraction of sp³-hybridized carbons (Fsp3) is 0.250. The van der Waals surface area contributed by atoms with Crippen LogP contribution in [0.1, 0.15) is 11.5 Å². The van der Waals surface area contributed by atoms with Gasteiger partial charge in [0.1, 0.15) is 5.76 Å². The second kappa shape index (κ2) is 5.55. The largest absolute Gasteiger partial charge is 0.459 e. The molecule has 0 fully saturated rings. The van der Waals surface area contributed by atoms with Crippen LogP contribution in [0, 0.1) is 6.92 Å². The lowest BCUT2D eigenvalue weighted by Crippen LogP contribution is -2.37. The van der Waals surface area contributed by atoms with Crippen molar-refractivity contribution in [2.75, 3.05) is 0 Å². The van der Waals surface area contributed by atoms with Gasteiger partial charge in [-0.1, -0.05) is 0 Å². The lowest BCUT2D eigenvalue weighted by atomic mass is 10.4. The number of thiazole rings is 1. The molecule has 4 aromatic heterocycles. The number of hydrogen-bond donors (Lipinski definition) is 0. The molecule has 4 aromatic rings. The molecule has 128 valence electrons. The first-order valence-electron chi connectivity index (χ1n) is 7.58. The molecule has 0 amide bonds. The van der Waals surface area contributed by atoms with Crippen LogP contribution in [0.4, 0.5) is 0 Å². The predicted octanol–water partition coefficient (Wildman–Crippen LogP) is 1.51. The summed E-state index contributed by atoms with van der Waals surface area (Å²) in [6.45, 7) is 2.27. The minimum atomic E-state index is -0.396. The molecule has 0 saturated carbocycles. The van der Waals surface area contributed by atoms with Gasteiger partial charge in [-0.2, -0.15) is 0 Å². The number of imidazole rings is 1. The van der Waals surface area contributed by atoms with Crippen LogP contribution in [-0.4, -0.2) is 23.7 Å². The van der Waals surface area contributed by atoms with Crippen molar-refractivity contribution in [2.45, 2.75) is 13.5 Å². The van der Waals surface area contributed by atoms with Gasteiger partial charge in [0, 0.05) is 19.5 Å². The van der Waals surface area contributed by atoms with E-state index in [2.05, 4.69) is 9.97 Å². The molecular formula is C16H15N5O3S. The Kier molecular flexibility index (Phi) is 3.46. The van der Waals surface area contributed by atoms with Gasteiger partial charge in [-0.3, -0.25) is 13.9 Å². The second-order valence-electron chi connectivity index (χ2n) is 5.80. The Morgan fingerprint density at radius 3 is 2.72 bits per heavy atom. The highest BCUT2D eigenvalue weighted by molar-refractivity contribution is 7.13. The topological polar surface area (TPSA) is 87.9 Å². The van der Waals surface area contributed by atoms with Gasteiger partial charge in [0.2, 0.25) is 0 Å². The molecule has 0 radical (unpaired) electrons. The summed E-state index contributed by atoms with van der Waals surface area (Å²) >= 11 is 1.48. The molecule has 9 heteroatoms. The number of hydrogen-bond acceptors (Lipinski definition) is 6. The van der Waals surface area contributed by atoms with Crippen molar-refractivity contribution < 1.29 is 4.42 Å². The summed E-state index contributed by atoms with van der Waals surface area (Å²) in [5.41, 5.74) is 0.780. The van der Waals surface area contributed by atoms with Crippen LogP contribution in [0.2, 0.25) is 0 Å². The summed E-state index contributed by atoms with van der Waals surface area (Å²) in [4.78, 5) is 33.2. The van der Waals surface area contributed by atoms with E-state index in [0.717, 1.165) is 26.8 Å². The van der Waals surface area contributed by atoms with Crippen LogP contribution in [0.5, 0.6) is 0 Å². The van der Waals surface area contributed by atoms with Crippen molar-refractivity contribution in [3.8, 4) is 10.8 Å². The zero-order chi connectivity index (χ0) is 17.7. The van der Waals surface area contributed by atoms with Crippen LogP contribution >= 0.6 is 11.3 Å². The van der Waals surface area contributed by atoms with Gasteiger partial charge in [-0.15, -0.1) is 11.3 Å². The Hall–Kier alpha value is -2.94. The van der Waals surface area contributed by atoms with E-state index in [0.29, 0.717) is 17.7 Å². The van der Waals surface area contributed by atoms with Crippen LogP contribution in [0.25, 0.3) is 21.9 Å². The molecule has 4 heterocycles. The van der Waals surface area contributed by atoms with E-state index in [1.165, 1.54) is 23.0 Å². The maximum absolute atomic E-state index is 12.5. The lowest BCUT2D eigenvalue weighted by molar-refractivity contribution is 0.547. The molecule has 0 atom stereocenters. The van der Waals surface area contributed by atoms with Gasteiger partial charge in [0.15, 0.2) is 21.9 Å². The zero-order valence-corrected chi connectivity index (χ0v) is 14.7. The average Bonchev–Trinajstić information content (AvgIpc) is 3.31. The molecular weight excluding hydrogens is 342 g/mol. The van der Waals surface area contributed by atoms with Crippen LogP contribution in [0.15, 0.2) is 37.8 Å². The highest BCUT2D eigenvalue weighted by atomic mass is 32.1. The summed E-state index contributed by atoms with van der Waals surface area (Å²) in [5.74, 6) is 1.55. The van der Waals surface area contributed by atoms with E-state index in [1.807, 2.05) is 24.4 Å². The van der Waals surface area contributed by atoms with Gasteiger partial charge < -0.3 is 8.98 Å². The van der Waals surface area contributed by atoms with E-state index in [4.69, 9.17) is 4.42 Å². The SMILES string of the molecule is Cc1ccc(-c2nc(Cn3cnc4c3c(=O)n(C)c(=O)n4C)cs2)o1. The Bertz CT molecular complexity index is 1210. The maximum Gasteiger partial charge on any atom is 0.332 e. The number of aromatic nitrogens is 5. The van der Waals surface area contributed by atoms with Crippen molar-refractivity contribution in [1.82, 2.24) is 23.7 Å².